The maximum atomic E-state index is 11.4. The van der Waals surface area contributed by atoms with Crippen molar-refractivity contribution >= 4 is 11.6 Å². The van der Waals surface area contributed by atoms with Gasteiger partial charge in [-0.2, -0.15) is 0 Å². The molecule has 0 spiro atoms. The summed E-state index contributed by atoms with van der Waals surface area (Å²) >= 11 is 0. The number of benzene rings is 1. The SMILES string of the molecule is CNC(c1ccc2c(c1)CCC(=O)N2)C1CC1(C)C. The predicted molar refractivity (Wildman–Crippen MR) is 77.1 cm³/mol. The molecule has 1 aromatic carbocycles. The maximum Gasteiger partial charge on any atom is 0.224 e. The van der Waals surface area contributed by atoms with Crippen LogP contribution in [0.2, 0.25) is 0 Å². The Balaban J connectivity index is 1.87. The number of hydrogen-bond acceptors (Lipinski definition) is 2. The first-order valence-corrected chi connectivity index (χ1v) is 7.11. The zero-order valence-electron chi connectivity index (χ0n) is 11.9. The molecule has 2 unspecified atom stereocenters. The molecule has 0 radical (unpaired) electrons. The van der Waals surface area contributed by atoms with Gasteiger partial charge in [-0.05, 0) is 48.4 Å². The average molecular weight is 258 g/mol. The second kappa shape index (κ2) is 4.34. The van der Waals surface area contributed by atoms with Crippen molar-refractivity contribution < 1.29 is 4.79 Å². The van der Waals surface area contributed by atoms with Crippen LogP contribution in [0.25, 0.3) is 0 Å². The molecule has 1 aromatic rings. The number of carbonyl (C=O) groups is 1. The topological polar surface area (TPSA) is 41.1 Å². The third kappa shape index (κ3) is 2.27. The molecule has 19 heavy (non-hydrogen) atoms. The molecule has 102 valence electrons. The zero-order valence-corrected chi connectivity index (χ0v) is 11.9. The van der Waals surface area contributed by atoms with Crippen molar-refractivity contribution in [2.75, 3.05) is 12.4 Å². The molecule has 1 aliphatic heterocycles. The van der Waals surface area contributed by atoms with Crippen molar-refractivity contribution in [1.82, 2.24) is 5.32 Å². The number of nitrogens with one attached hydrogen (secondary N) is 2. The highest BCUT2D eigenvalue weighted by Gasteiger charge is 2.50. The van der Waals surface area contributed by atoms with E-state index in [1.807, 2.05) is 7.05 Å². The average Bonchev–Trinajstić information content (AvgIpc) is 2.99. The van der Waals surface area contributed by atoms with Crippen molar-refractivity contribution in [3.63, 3.8) is 0 Å². The lowest BCUT2D eigenvalue weighted by Gasteiger charge is -2.22. The Hall–Kier alpha value is -1.35. The number of amides is 1. The molecule has 3 nitrogen and oxygen atoms in total. The van der Waals surface area contributed by atoms with Crippen LogP contribution in [0.3, 0.4) is 0 Å². The third-order valence-corrected chi connectivity index (χ3v) is 4.69. The van der Waals surface area contributed by atoms with Crippen LogP contribution < -0.4 is 10.6 Å². The quantitative estimate of drug-likeness (QED) is 0.875. The van der Waals surface area contributed by atoms with Gasteiger partial charge in [0.15, 0.2) is 0 Å². The number of aryl methyl sites for hydroxylation is 1. The highest BCUT2D eigenvalue weighted by atomic mass is 16.1. The van der Waals surface area contributed by atoms with Crippen molar-refractivity contribution in [1.29, 1.82) is 0 Å². The zero-order chi connectivity index (χ0) is 13.6. The Bertz CT molecular complexity index is 521. The number of hydrogen-bond donors (Lipinski definition) is 2. The fraction of sp³-hybridized carbons (Fsp3) is 0.562. The Morgan fingerprint density at radius 2 is 2.11 bits per heavy atom. The van der Waals surface area contributed by atoms with Crippen LogP contribution in [0, 0.1) is 11.3 Å². The van der Waals surface area contributed by atoms with Crippen LogP contribution in [-0.4, -0.2) is 13.0 Å². The van der Waals surface area contributed by atoms with Crippen LogP contribution in [0.15, 0.2) is 18.2 Å². The first-order valence-electron chi connectivity index (χ1n) is 7.11. The molecule has 0 saturated heterocycles. The van der Waals surface area contributed by atoms with E-state index in [-0.39, 0.29) is 5.91 Å². The van der Waals surface area contributed by atoms with Gasteiger partial charge in [0.2, 0.25) is 5.91 Å². The smallest absolute Gasteiger partial charge is 0.224 e. The van der Waals surface area contributed by atoms with Gasteiger partial charge in [0.05, 0.1) is 0 Å². The highest BCUT2D eigenvalue weighted by molar-refractivity contribution is 5.93. The Morgan fingerprint density at radius 1 is 1.37 bits per heavy atom. The Morgan fingerprint density at radius 3 is 2.74 bits per heavy atom. The van der Waals surface area contributed by atoms with E-state index in [1.165, 1.54) is 17.5 Å². The molecule has 1 heterocycles. The summed E-state index contributed by atoms with van der Waals surface area (Å²) in [6, 6.07) is 6.91. The maximum absolute atomic E-state index is 11.4. The summed E-state index contributed by atoms with van der Waals surface area (Å²) in [5.41, 5.74) is 4.08. The fourth-order valence-electron chi connectivity index (χ4n) is 3.27. The van der Waals surface area contributed by atoms with Crippen molar-refractivity contribution in [3.8, 4) is 0 Å². The fourth-order valence-corrected chi connectivity index (χ4v) is 3.27. The van der Waals surface area contributed by atoms with Gasteiger partial charge in [0.1, 0.15) is 0 Å². The molecule has 2 atom stereocenters. The van der Waals surface area contributed by atoms with E-state index in [0.717, 1.165) is 12.1 Å². The number of anilines is 1. The standard InChI is InChI=1S/C16H22N2O/c1-16(2)9-12(16)15(17-3)11-4-6-13-10(8-11)5-7-14(19)18-13/h4,6,8,12,15,17H,5,7,9H2,1-3H3,(H,18,19). The summed E-state index contributed by atoms with van der Waals surface area (Å²) in [7, 11) is 2.04. The van der Waals surface area contributed by atoms with E-state index >= 15 is 0 Å². The highest BCUT2D eigenvalue weighted by Crippen LogP contribution is 2.57. The van der Waals surface area contributed by atoms with Gasteiger partial charge in [0.25, 0.3) is 0 Å². The number of fused-ring (bicyclic) bond motifs is 1. The molecule has 0 bridgehead atoms. The molecular formula is C16H22N2O. The largest absolute Gasteiger partial charge is 0.326 e. The third-order valence-electron chi connectivity index (χ3n) is 4.69. The minimum absolute atomic E-state index is 0.133. The van der Waals surface area contributed by atoms with Crippen LogP contribution in [0.5, 0.6) is 0 Å². The predicted octanol–water partition coefficient (Wildman–Crippen LogP) is 2.88. The van der Waals surface area contributed by atoms with Crippen LogP contribution in [-0.2, 0) is 11.2 Å². The molecule has 1 saturated carbocycles. The molecular weight excluding hydrogens is 236 g/mol. The molecule has 2 N–H and O–H groups in total. The molecule has 1 fully saturated rings. The van der Waals surface area contributed by atoms with Gasteiger partial charge in [-0.3, -0.25) is 4.79 Å². The summed E-state index contributed by atoms with van der Waals surface area (Å²) < 4.78 is 0. The van der Waals surface area contributed by atoms with Crippen LogP contribution in [0.1, 0.15) is 43.9 Å². The summed E-state index contributed by atoms with van der Waals surface area (Å²) in [5, 5.41) is 6.41. The van der Waals surface area contributed by atoms with E-state index in [2.05, 4.69) is 42.7 Å². The molecule has 1 amide bonds. The van der Waals surface area contributed by atoms with Gasteiger partial charge >= 0.3 is 0 Å². The van der Waals surface area contributed by atoms with Crippen molar-refractivity contribution in [2.24, 2.45) is 11.3 Å². The van der Waals surface area contributed by atoms with E-state index in [9.17, 15) is 4.79 Å². The Labute approximate surface area is 114 Å². The van der Waals surface area contributed by atoms with Gasteiger partial charge < -0.3 is 10.6 Å². The normalized spacial score (nSPS) is 25.4. The van der Waals surface area contributed by atoms with Crippen molar-refractivity contribution in [2.45, 2.75) is 39.2 Å². The van der Waals surface area contributed by atoms with E-state index in [0.29, 0.717) is 23.8 Å². The first kappa shape index (κ1) is 12.7. The first-order chi connectivity index (χ1) is 9.01. The molecule has 0 aromatic heterocycles. The van der Waals surface area contributed by atoms with E-state index in [1.54, 1.807) is 0 Å². The second-order valence-electron chi connectivity index (χ2n) is 6.53. The lowest BCUT2D eigenvalue weighted by Crippen LogP contribution is -2.22. The van der Waals surface area contributed by atoms with Crippen molar-refractivity contribution in [3.05, 3.63) is 29.3 Å². The monoisotopic (exact) mass is 258 g/mol. The summed E-state index contributed by atoms with van der Waals surface area (Å²) in [6.45, 7) is 4.67. The minimum Gasteiger partial charge on any atom is -0.326 e. The second-order valence-corrected chi connectivity index (χ2v) is 6.53. The summed E-state index contributed by atoms with van der Waals surface area (Å²) in [6.07, 6.45) is 2.75. The Kier molecular flexibility index (Phi) is 2.90. The van der Waals surface area contributed by atoms with E-state index in [4.69, 9.17) is 0 Å². The molecule has 2 aliphatic rings. The summed E-state index contributed by atoms with van der Waals surface area (Å²) in [5.74, 6) is 0.850. The van der Waals surface area contributed by atoms with Gasteiger partial charge in [-0.25, -0.2) is 0 Å². The molecule has 1 aliphatic carbocycles. The number of rotatable bonds is 3. The van der Waals surface area contributed by atoms with Crippen LogP contribution >= 0.6 is 0 Å². The lowest BCUT2D eigenvalue weighted by molar-refractivity contribution is -0.116. The lowest BCUT2D eigenvalue weighted by atomic mass is 9.93. The van der Waals surface area contributed by atoms with E-state index < -0.39 is 0 Å². The molecule has 3 rings (SSSR count). The van der Waals surface area contributed by atoms with Crippen LogP contribution in [0.4, 0.5) is 5.69 Å². The van der Waals surface area contributed by atoms with Gasteiger partial charge in [-0.1, -0.05) is 26.0 Å². The van der Waals surface area contributed by atoms with Gasteiger partial charge in [-0.15, -0.1) is 0 Å². The number of carbonyl (C=O) groups excluding carboxylic acids is 1. The summed E-state index contributed by atoms with van der Waals surface area (Å²) in [4.78, 5) is 11.4. The minimum atomic E-state index is 0.133. The van der Waals surface area contributed by atoms with Gasteiger partial charge in [0, 0.05) is 18.2 Å². The molecule has 3 heteroatoms.